The maximum absolute atomic E-state index is 12.1. The molecule has 0 bridgehead atoms. The van der Waals surface area contributed by atoms with E-state index in [2.05, 4.69) is 30.6 Å². The summed E-state index contributed by atoms with van der Waals surface area (Å²) in [6.07, 6.45) is 2.24. The van der Waals surface area contributed by atoms with Gasteiger partial charge in [0.15, 0.2) is 0 Å². The van der Waals surface area contributed by atoms with Gasteiger partial charge in [-0.15, -0.1) is 0 Å². The minimum absolute atomic E-state index is 0.0251. The second-order valence-electron chi connectivity index (χ2n) is 3.42. The Morgan fingerprint density at radius 1 is 1.16 bits per heavy atom. The van der Waals surface area contributed by atoms with Gasteiger partial charge in [-0.25, -0.2) is 18.4 Å². The van der Waals surface area contributed by atoms with E-state index >= 15 is 0 Å². The largest absolute Gasteiger partial charge is 0.278 e. The molecule has 0 saturated heterocycles. The molecule has 1 N–H and O–H groups in total. The molecule has 100 valence electrons. The smallest absolute Gasteiger partial charge is 0.265 e. The fourth-order valence-corrected chi connectivity index (χ4v) is 2.92. The van der Waals surface area contributed by atoms with Gasteiger partial charge in [0.2, 0.25) is 5.28 Å². The lowest BCUT2D eigenvalue weighted by Gasteiger charge is -2.09. The summed E-state index contributed by atoms with van der Waals surface area (Å²) in [4.78, 5) is 7.16. The number of rotatable bonds is 3. The van der Waals surface area contributed by atoms with Gasteiger partial charge in [-0.2, -0.15) is 0 Å². The number of benzene rings is 1. The molecule has 0 spiro atoms. The van der Waals surface area contributed by atoms with Crippen molar-refractivity contribution in [3.8, 4) is 0 Å². The van der Waals surface area contributed by atoms with Crippen LogP contribution in [0.1, 0.15) is 0 Å². The Morgan fingerprint density at radius 3 is 2.42 bits per heavy atom. The van der Waals surface area contributed by atoms with E-state index in [9.17, 15) is 8.42 Å². The molecule has 2 aromatic rings. The highest BCUT2D eigenvalue weighted by atomic mass is 79.9. The molecule has 1 heterocycles. The molecular weight excluding hydrogens is 377 g/mol. The number of sulfonamides is 1. The Balaban J connectivity index is 2.36. The van der Waals surface area contributed by atoms with Gasteiger partial charge < -0.3 is 0 Å². The third kappa shape index (κ3) is 3.56. The van der Waals surface area contributed by atoms with Crippen molar-refractivity contribution in [3.05, 3.63) is 45.4 Å². The van der Waals surface area contributed by atoms with Crippen molar-refractivity contribution in [2.45, 2.75) is 4.90 Å². The van der Waals surface area contributed by atoms with Crippen LogP contribution in [0.5, 0.6) is 0 Å². The Hall–Kier alpha value is -0.890. The molecule has 0 radical (unpaired) electrons. The number of nitrogens with zero attached hydrogens (tertiary/aromatic N) is 2. The number of hydrogen-bond donors (Lipinski definition) is 1. The molecule has 1 aromatic heterocycles. The summed E-state index contributed by atoms with van der Waals surface area (Å²) in [6.45, 7) is 0. The SMILES string of the molecule is O=S(=O)(Nc1cc(Cl)ccc1Br)c1cnc(Cl)nc1. The first-order valence-electron chi connectivity index (χ1n) is 4.84. The van der Waals surface area contributed by atoms with Crippen molar-refractivity contribution in [2.24, 2.45) is 0 Å². The van der Waals surface area contributed by atoms with Gasteiger partial charge in [0, 0.05) is 9.50 Å². The topological polar surface area (TPSA) is 72.0 Å². The molecule has 0 fully saturated rings. The molecule has 2 rings (SSSR count). The summed E-state index contributed by atoms with van der Waals surface area (Å²) >= 11 is 14.5. The van der Waals surface area contributed by atoms with Gasteiger partial charge >= 0.3 is 0 Å². The third-order valence-corrected chi connectivity index (χ3v) is 4.52. The monoisotopic (exact) mass is 381 g/mol. The molecule has 0 aliphatic heterocycles. The van der Waals surface area contributed by atoms with E-state index < -0.39 is 10.0 Å². The van der Waals surface area contributed by atoms with Crippen LogP contribution in [0, 0.1) is 0 Å². The van der Waals surface area contributed by atoms with Crippen LogP contribution in [0.25, 0.3) is 0 Å². The first-order valence-corrected chi connectivity index (χ1v) is 7.87. The van der Waals surface area contributed by atoms with Crippen LogP contribution in [0.4, 0.5) is 5.69 Å². The predicted octanol–water partition coefficient (Wildman–Crippen LogP) is 3.35. The molecule has 9 heteroatoms. The highest BCUT2D eigenvalue weighted by Crippen LogP contribution is 2.27. The van der Waals surface area contributed by atoms with E-state index in [0.717, 1.165) is 12.4 Å². The van der Waals surface area contributed by atoms with E-state index in [0.29, 0.717) is 15.2 Å². The third-order valence-electron chi connectivity index (χ3n) is 2.08. The fourth-order valence-electron chi connectivity index (χ4n) is 1.22. The number of anilines is 1. The van der Waals surface area contributed by atoms with Crippen LogP contribution in [0.15, 0.2) is 40.0 Å². The van der Waals surface area contributed by atoms with Gasteiger partial charge in [0.05, 0.1) is 18.1 Å². The van der Waals surface area contributed by atoms with Crippen LogP contribution in [0.2, 0.25) is 10.3 Å². The average molecular weight is 383 g/mol. The van der Waals surface area contributed by atoms with Crippen molar-refractivity contribution < 1.29 is 8.42 Å². The summed E-state index contributed by atoms with van der Waals surface area (Å²) in [6, 6.07) is 4.76. The first-order chi connectivity index (χ1) is 8.88. The molecular formula is C10H6BrCl2N3O2S. The van der Waals surface area contributed by atoms with Crippen LogP contribution < -0.4 is 4.72 Å². The Morgan fingerprint density at radius 2 is 1.79 bits per heavy atom. The lowest BCUT2D eigenvalue weighted by atomic mass is 10.3. The summed E-state index contributed by atoms with van der Waals surface area (Å²) in [5, 5.41) is 0.385. The van der Waals surface area contributed by atoms with Crippen LogP contribution in [-0.2, 0) is 10.0 Å². The van der Waals surface area contributed by atoms with Crippen molar-refractivity contribution >= 4 is 54.8 Å². The van der Waals surface area contributed by atoms with Gasteiger partial charge in [0.25, 0.3) is 10.0 Å². The van der Waals surface area contributed by atoms with Crippen LogP contribution in [0.3, 0.4) is 0 Å². The molecule has 0 amide bonds. The highest BCUT2D eigenvalue weighted by molar-refractivity contribution is 9.10. The number of nitrogens with one attached hydrogen (secondary N) is 1. The van der Waals surface area contributed by atoms with E-state index in [-0.39, 0.29) is 10.2 Å². The molecule has 0 atom stereocenters. The van der Waals surface area contributed by atoms with Gasteiger partial charge in [0.1, 0.15) is 4.90 Å². The maximum Gasteiger partial charge on any atom is 0.265 e. The quantitative estimate of drug-likeness (QED) is 0.826. The average Bonchev–Trinajstić information content (AvgIpc) is 2.34. The van der Waals surface area contributed by atoms with Gasteiger partial charge in [-0.05, 0) is 45.7 Å². The zero-order chi connectivity index (χ0) is 14.0. The number of halogens is 3. The number of hydrogen-bond acceptors (Lipinski definition) is 4. The van der Waals surface area contributed by atoms with Gasteiger partial charge in [-0.1, -0.05) is 11.6 Å². The normalized spacial score (nSPS) is 11.3. The molecule has 1 aromatic carbocycles. The minimum Gasteiger partial charge on any atom is -0.278 e. The van der Waals surface area contributed by atoms with E-state index in [1.165, 1.54) is 6.07 Å². The Kier molecular flexibility index (Phi) is 4.29. The zero-order valence-electron chi connectivity index (χ0n) is 9.14. The lowest BCUT2D eigenvalue weighted by Crippen LogP contribution is -2.14. The second kappa shape index (κ2) is 5.62. The molecule has 5 nitrogen and oxygen atoms in total. The van der Waals surface area contributed by atoms with E-state index in [1.807, 2.05) is 0 Å². The van der Waals surface area contributed by atoms with Gasteiger partial charge in [-0.3, -0.25) is 4.72 Å². The fraction of sp³-hybridized carbons (Fsp3) is 0. The summed E-state index contributed by atoms with van der Waals surface area (Å²) in [7, 11) is -3.79. The van der Waals surface area contributed by atoms with Crippen molar-refractivity contribution in [1.29, 1.82) is 0 Å². The molecule has 0 aliphatic carbocycles. The van der Waals surface area contributed by atoms with E-state index in [4.69, 9.17) is 23.2 Å². The summed E-state index contributed by atoms with van der Waals surface area (Å²) in [5.41, 5.74) is 0.322. The van der Waals surface area contributed by atoms with Crippen LogP contribution in [-0.4, -0.2) is 18.4 Å². The zero-order valence-corrected chi connectivity index (χ0v) is 13.1. The van der Waals surface area contributed by atoms with Crippen molar-refractivity contribution in [3.63, 3.8) is 0 Å². The van der Waals surface area contributed by atoms with E-state index in [1.54, 1.807) is 12.1 Å². The Bertz CT molecular complexity index is 707. The number of aromatic nitrogens is 2. The molecule has 0 unspecified atom stereocenters. The highest BCUT2D eigenvalue weighted by Gasteiger charge is 2.16. The van der Waals surface area contributed by atoms with Crippen molar-refractivity contribution in [1.82, 2.24) is 9.97 Å². The predicted molar refractivity (Wildman–Crippen MR) is 77.0 cm³/mol. The molecule has 0 aliphatic rings. The van der Waals surface area contributed by atoms with Crippen LogP contribution >= 0.6 is 39.1 Å². The second-order valence-corrected chi connectivity index (χ2v) is 6.73. The molecule has 19 heavy (non-hydrogen) atoms. The standard InChI is InChI=1S/C10H6BrCl2N3O2S/c11-8-2-1-6(12)3-9(8)16-19(17,18)7-4-14-10(13)15-5-7/h1-5,16H. The Labute approximate surface area is 128 Å². The maximum atomic E-state index is 12.1. The lowest BCUT2D eigenvalue weighted by molar-refractivity contribution is 0.600. The summed E-state index contributed by atoms with van der Waals surface area (Å²) < 4.78 is 27.1. The summed E-state index contributed by atoms with van der Waals surface area (Å²) in [5.74, 6) is 0. The first kappa shape index (κ1) is 14.5. The van der Waals surface area contributed by atoms with Crippen molar-refractivity contribution in [2.75, 3.05) is 4.72 Å². The molecule has 0 saturated carbocycles. The minimum atomic E-state index is -3.79.